The lowest BCUT2D eigenvalue weighted by atomic mass is 10.1. The molecule has 0 unspecified atom stereocenters. The van der Waals surface area contributed by atoms with E-state index in [9.17, 15) is 4.79 Å². The van der Waals surface area contributed by atoms with Crippen LogP contribution in [0.1, 0.15) is 24.7 Å². The Balaban J connectivity index is 1.86. The van der Waals surface area contributed by atoms with E-state index in [1.54, 1.807) is 6.20 Å². The van der Waals surface area contributed by atoms with Crippen molar-refractivity contribution in [1.82, 2.24) is 9.55 Å². The Labute approximate surface area is 113 Å². The standard InChI is InChI=1S/C15H19N3O/c1-2-18-10-9-17-15(18)11-14(19)8-5-12-3-6-13(16)7-4-12/h3-4,6-7,9-10H,2,5,8,11,16H2,1H3. The summed E-state index contributed by atoms with van der Waals surface area (Å²) in [5, 5.41) is 0. The van der Waals surface area contributed by atoms with Crippen LogP contribution >= 0.6 is 0 Å². The summed E-state index contributed by atoms with van der Waals surface area (Å²) in [6, 6.07) is 7.67. The van der Waals surface area contributed by atoms with E-state index in [0.717, 1.165) is 30.0 Å². The molecule has 0 atom stereocenters. The number of imidazole rings is 1. The number of nitrogen functional groups attached to an aromatic ring is 1. The van der Waals surface area contributed by atoms with Crippen LogP contribution in [0.2, 0.25) is 0 Å². The second kappa shape index (κ2) is 6.18. The lowest BCUT2D eigenvalue weighted by Crippen LogP contribution is -2.10. The fraction of sp³-hybridized carbons (Fsp3) is 0.333. The third kappa shape index (κ3) is 3.68. The van der Waals surface area contributed by atoms with Crippen LogP contribution in [0.25, 0.3) is 0 Å². The normalized spacial score (nSPS) is 10.6. The molecule has 19 heavy (non-hydrogen) atoms. The van der Waals surface area contributed by atoms with E-state index in [2.05, 4.69) is 4.98 Å². The van der Waals surface area contributed by atoms with Crippen LogP contribution in [0.3, 0.4) is 0 Å². The molecule has 1 heterocycles. The van der Waals surface area contributed by atoms with E-state index in [4.69, 9.17) is 5.73 Å². The summed E-state index contributed by atoms with van der Waals surface area (Å²) < 4.78 is 2.00. The van der Waals surface area contributed by atoms with Gasteiger partial charge in [-0.3, -0.25) is 4.79 Å². The van der Waals surface area contributed by atoms with Crippen LogP contribution in [-0.4, -0.2) is 15.3 Å². The first-order valence-electron chi connectivity index (χ1n) is 6.55. The molecule has 2 aromatic rings. The van der Waals surface area contributed by atoms with Gasteiger partial charge in [0.25, 0.3) is 0 Å². The van der Waals surface area contributed by atoms with E-state index >= 15 is 0 Å². The summed E-state index contributed by atoms with van der Waals surface area (Å²) in [6.07, 6.45) is 5.36. The molecular weight excluding hydrogens is 238 g/mol. The number of anilines is 1. The molecular formula is C15H19N3O. The fourth-order valence-corrected chi connectivity index (χ4v) is 2.03. The van der Waals surface area contributed by atoms with Crippen molar-refractivity contribution >= 4 is 11.5 Å². The first-order valence-corrected chi connectivity index (χ1v) is 6.55. The van der Waals surface area contributed by atoms with Crippen molar-refractivity contribution in [3.63, 3.8) is 0 Å². The maximum atomic E-state index is 11.9. The summed E-state index contributed by atoms with van der Waals surface area (Å²) in [6.45, 7) is 2.89. The Morgan fingerprint density at radius 1 is 1.32 bits per heavy atom. The average molecular weight is 257 g/mol. The summed E-state index contributed by atoms with van der Waals surface area (Å²) in [5.74, 6) is 1.07. The predicted octanol–water partition coefficient (Wildman–Crippen LogP) is 2.23. The third-order valence-corrected chi connectivity index (χ3v) is 3.17. The molecule has 2 N–H and O–H groups in total. The summed E-state index contributed by atoms with van der Waals surface area (Å²) in [7, 11) is 0. The zero-order chi connectivity index (χ0) is 13.7. The van der Waals surface area contributed by atoms with E-state index in [1.165, 1.54) is 0 Å². The molecule has 0 bridgehead atoms. The molecule has 0 fully saturated rings. The number of Topliss-reactive ketones (excluding diaryl/α,β-unsaturated/α-hetero) is 1. The number of aryl methyl sites for hydroxylation is 2. The number of hydrogen-bond donors (Lipinski definition) is 1. The smallest absolute Gasteiger partial charge is 0.140 e. The molecule has 0 aliphatic heterocycles. The van der Waals surface area contributed by atoms with Gasteiger partial charge in [0.15, 0.2) is 0 Å². The van der Waals surface area contributed by atoms with E-state index in [0.29, 0.717) is 12.8 Å². The highest BCUT2D eigenvalue weighted by molar-refractivity contribution is 5.80. The molecule has 1 aromatic heterocycles. The molecule has 0 aliphatic rings. The summed E-state index contributed by atoms with van der Waals surface area (Å²) in [4.78, 5) is 16.2. The Morgan fingerprint density at radius 3 is 2.74 bits per heavy atom. The Hall–Kier alpha value is -2.10. The van der Waals surface area contributed by atoms with E-state index in [1.807, 2.05) is 42.0 Å². The van der Waals surface area contributed by atoms with Gasteiger partial charge in [0, 0.05) is 31.0 Å². The van der Waals surface area contributed by atoms with Crippen molar-refractivity contribution in [3.8, 4) is 0 Å². The van der Waals surface area contributed by atoms with Gasteiger partial charge in [-0.15, -0.1) is 0 Å². The number of nitrogens with two attached hydrogens (primary N) is 1. The first kappa shape index (κ1) is 13.3. The maximum absolute atomic E-state index is 11.9. The second-order valence-corrected chi connectivity index (χ2v) is 4.59. The SMILES string of the molecule is CCn1ccnc1CC(=O)CCc1ccc(N)cc1. The van der Waals surface area contributed by atoms with Gasteiger partial charge in [0.2, 0.25) is 0 Å². The van der Waals surface area contributed by atoms with Gasteiger partial charge in [0.1, 0.15) is 11.6 Å². The Bertz CT molecular complexity index is 543. The third-order valence-electron chi connectivity index (χ3n) is 3.17. The zero-order valence-corrected chi connectivity index (χ0v) is 11.2. The minimum Gasteiger partial charge on any atom is -0.399 e. The van der Waals surface area contributed by atoms with Crippen molar-refractivity contribution in [1.29, 1.82) is 0 Å². The van der Waals surface area contributed by atoms with Crippen molar-refractivity contribution in [3.05, 3.63) is 48.0 Å². The molecule has 4 nitrogen and oxygen atoms in total. The molecule has 0 saturated carbocycles. The quantitative estimate of drug-likeness (QED) is 0.807. The van der Waals surface area contributed by atoms with Gasteiger partial charge in [-0.25, -0.2) is 4.98 Å². The van der Waals surface area contributed by atoms with Crippen LogP contribution in [0.5, 0.6) is 0 Å². The molecule has 0 saturated heterocycles. The van der Waals surface area contributed by atoms with Crippen LogP contribution in [0.15, 0.2) is 36.7 Å². The second-order valence-electron chi connectivity index (χ2n) is 4.59. The number of carbonyl (C=O) groups excluding carboxylic acids is 1. The molecule has 1 aromatic carbocycles. The number of hydrogen-bond acceptors (Lipinski definition) is 3. The number of benzene rings is 1. The highest BCUT2D eigenvalue weighted by Gasteiger charge is 2.08. The van der Waals surface area contributed by atoms with Gasteiger partial charge < -0.3 is 10.3 Å². The average Bonchev–Trinajstić information content (AvgIpc) is 2.85. The monoisotopic (exact) mass is 257 g/mol. The lowest BCUT2D eigenvalue weighted by molar-refractivity contribution is -0.118. The largest absolute Gasteiger partial charge is 0.399 e. The van der Waals surface area contributed by atoms with Gasteiger partial charge >= 0.3 is 0 Å². The number of carbonyl (C=O) groups is 1. The number of rotatable bonds is 6. The number of nitrogens with zero attached hydrogens (tertiary/aromatic N) is 2. The van der Waals surface area contributed by atoms with Gasteiger partial charge in [-0.05, 0) is 31.0 Å². The van der Waals surface area contributed by atoms with Gasteiger partial charge in [-0.1, -0.05) is 12.1 Å². The van der Waals surface area contributed by atoms with Crippen LogP contribution < -0.4 is 5.73 Å². The molecule has 0 aliphatic carbocycles. The van der Waals surface area contributed by atoms with E-state index < -0.39 is 0 Å². The lowest BCUT2D eigenvalue weighted by Gasteiger charge is -2.04. The van der Waals surface area contributed by atoms with E-state index in [-0.39, 0.29) is 5.78 Å². The highest BCUT2D eigenvalue weighted by Crippen LogP contribution is 2.09. The Morgan fingerprint density at radius 2 is 2.05 bits per heavy atom. The van der Waals surface area contributed by atoms with Crippen LogP contribution in [0.4, 0.5) is 5.69 Å². The number of ketones is 1. The van der Waals surface area contributed by atoms with Gasteiger partial charge in [0.05, 0.1) is 6.42 Å². The van der Waals surface area contributed by atoms with Gasteiger partial charge in [-0.2, -0.15) is 0 Å². The minimum atomic E-state index is 0.220. The number of aromatic nitrogens is 2. The van der Waals surface area contributed by atoms with Crippen LogP contribution in [-0.2, 0) is 24.2 Å². The molecule has 0 amide bonds. The van der Waals surface area contributed by atoms with Crippen molar-refractivity contribution in [2.24, 2.45) is 0 Å². The highest BCUT2D eigenvalue weighted by atomic mass is 16.1. The van der Waals surface area contributed by atoms with Crippen molar-refractivity contribution in [2.75, 3.05) is 5.73 Å². The molecule has 2 rings (SSSR count). The van der Waals surface area contributed by atoms with Crippen LogP contribution in [0, 0.1) is 0 Å². The Kier molecular flexibility index (Phi) is 4.34. The minimum absolute atomic E-state index is 0.220. The maximum Gasteiger partial charge on any atom is 0.140 e. The topological polar surface area (TPSA) is 60.9 Å². The summed E-state index contributed by atoms with van der Waals surface area (Å²) in [5.41, 5.74) is 7.52. The fourth-order valence-electron chi connectivity index (χ4n) is 2.03. The van der Waals surface area contributed by atoms with Crippen molar-refractivity contribution in [2.45, 2.75) is 32.7 Å². The first-order chi connectivity index (χ1) is 9.19. The summed E-state index contributed by atoms with van der Waals surface area (Å²) >= 11 is 0. The molecule has 4 heteroatoms. The molecule has 0 spiro atoms. The molecule has 0 radical (unpaired) electrons. The zero-order valence-electron chi connectivity index (χ0n) is 11.2. The predicted molar refractivity (Wildman–Crippen MR) is 75.8 cm³/mol. The van der Waals surface area contributed by atoms with Crippen molar-refractivity contribution < 1.29 is 4.79 Å². The molecule has 100 valence electrons.